The third-order valence-electron chi connectivity index (χ3n) is 2.62. The molecule has 0 radical (unpaired) electrons. The topological polar surface area (TPSA) is 84.2 Å². The second kappa shape index (κ2) is 8.42. The highest BCUT2D eigenvalue weighted by atomic mass is 32.2. The molecule has 20 heavy (non-hydrogen) atoms. The fraction of sp³-hybridized carbons (Fsp3) is 0.385. The highest BCUT2D eigenvalue weighted by Crippen LogP contribution is 2.04. The molecule has 110 valence electrons. The van der Waals surface area contributed by atoms with Crippen molar-refractivity contribution in [3.63, 3.8) is 0 Å². The Morgan fingerprint density at radius 1 is 1.35 bits per heavy atom. The maximum atomic E-state index is 12.7. The van der Waals surface area contributed by atoms with Gasteiger partial charge in [-0.15, -0.1) is 0 Å². The van der Waals surface area contributed by atoms with Gasteiger partial charge in [-0.2, -0.15) is 11.8 Å². The van der Waals surface area contributed by atoms with Crippen LogP contribution in [-0.4, -0.2) is 30.0 Å². The minimum Gasteiger partial charge on any atom is -0.352 e. The smallest absolute Gasteiger partial charge is 0.312 e. The van der Waals surface area contributed by atoms with Crippen LogP contribution in [0.2, 0.25) is 0 Å². The number of benzene rings is 1. The maximum Gasteiger partial charge on any atom is 0.312 e. The van der Waals surface area contributed by atoms with Crippen LogP contribution in [0.3, 0.4) is 0 Å². The number of hydrogen-bond donors (Lipinski definition) is 3. The Morgan fingerprint density at radius 3 is 2.55 bits per heavy atom. The summed E-state index contributed by atoms with van der Waals surface area (Å²) in [6, 6.07) is 4.46. The van der Waals surface area contributed by atoms with Crippen molar-refractivity contribution in [2.45, 2.75) is 19.0 Å². The van der Waals surface area contributed by atoms with Crippen molar-refractivity contribution in [3.05, 3.63) is 35.6 Å². The first-order valence-electron chi connectivity index (χ1n) is 6.10. The zero-order valence-corrected chi connectivity index (χ0v) is 12.0. The van der Waals surface area contributed by atoms with Crippen molar-refractivity contribution >= 4 is 23.7 Å². The van der Waals surface area contributed by atoms with Crippen LogP contribution in [0.5, 0.6) is 0 Å². The van der Waals surface area contributed by atoms with E-state index in [4.69, 9.17) is 5.73 Å². The summed E-state index contributed by atoms with van der Waals surface area (Å²) in [5.74, 6) is 0.102. The number of nitrogens with one attached hydrogen (secondary N) is 2. The van der Waals surface area contributed by atoms with Crippen molar-refractivity contribution in [2.75, 3.05) is 12.0 Å². The molecule has 0 aliphatic heterocycles. The Hall–Kier alpha value is -1.76. The summed E-state index contributed by atoms with van der Waals surface area (Å²) >= 11 is 1.58. The quantitative estimate of drug-likeness (QED) is 0.708. The fourth-order valence-corrected chi connectivity index (χ4v) is 2.06. The molecule has 0 saturated carbocycles. The average molecular weight is 299 g/mol. The lowest BCUT2D eigenvalue weighted by atomic mass is 10.2. The number of halogens is 1. The number of primary amides is 1. The lowest BCUT2D eigenvalue weighted by molar-refractivity contribution is -0.123. The second-order valence-corrected chi connectivity index (χ2v) is 5.17. The molecule has 0 spiro atoms. The molecule has 1 aromatic carbocycles. The third kappa shape index (κ3) is 5.92. The molecule has 0 bridgehead atoms. The number of hydrogen-bond acceptors (Lipinski definition) is 3. The van der Waals surface area contributed by atoms with Gasteiger partial charge >= 0.3 is 6.03 Å². The Kier molecular flexibility index (Phi) is 6.86. The van der Waals surface area contributed by atoms with Crippen molar-refractivity contribution in [2.24, 2.45) is 5.73 Å². The Balaban J connectivity index is 2.51. The van der Waals surface area contributed by atoms with E-state index in [0.29, 0.717) is 6.42 Å². The van der Waals surface area contributed by atoms with Crippen LogP contribution in [-0.2, 0) is 11.3 Å². The lowest BCUT2D eigenvalue weighted by Crippen LogP contribution is -2.48. The van der Waals surface area contributed by atoms with Gasteiger partial charge in [0.05, 0.1) is 0 Å². The lowest BCUT2D eigenvalue weighted by Gasteiger charge is -2.16. The Labute approximate surface area is 121 Å². The van der Waals surface area contributed by atoms with Crippen LogP contribution in [0.15, 0.2) is 24.3 Å². The van der Waals surface area contributed by atoms with E-state index in [0.717, 1.165) is 11.3 Å². The number of amides is 3. The van der Waals surface area contributed by atoms with E-state index in [1.165, 1.54) is 12.1 Å². The summed E-state index contributed by atoms with van der Waals surface area (Å²) in [7, 11) is 0. The van der Waals surface area contributed by atoms with Crippen LogP contribution < -0.4 is 16.4 Å². The van der Waals surface area contributed by atoms with E-state index in [1.54, 1.807) is 23.9 Å². The standard InChI is InChI=1S/C13H18FN3O2S/c1-20-7-6-11(17-13(15)19)12(18)16-8-9-2-4-10(14)5-3-9/h2-5,11H,6-8H2,1H3,(H,16,18)(H3,15,17,19)/t11-/m0/s1. The molecule has 0 saturated heterocycles. The molecule has 1 rings (SSSR count). The predicted octanol–water partition coefficient (Wildman–Crippen LogP) is 1.23. The molecule has 0 aliphatic carbocycles. The van der Waals surface area contributed by atoms with Crippen LogP contribution in [0, 0.1) is 5.82 Å². The van der Waals surface area contributed by atoms with Gasteiger partial charge < -0.3 is 16.4 Å². The number of rotatable bonds is 7. The van der Waals surface area contributed by atoms with Crippen LogP contribution in [0.1, 0.15) is 12.0 Å². The van der Waals surface area contributed by atoms with E-state index < -0.39 is 12.1 Å². The van der Waals surface area contributed by atoms with Crippen molar-refractivity contribution in [1.29, 1.82) is 0 Å². The second-order valence-electron chi connectivity index (χ2n) is 4.19. The average Bonchev–Trinajstić information content (AvgIpc) is 2.42. The molecule has 0 aliphatic rings. The minimum atomic E-state index is -0.729. The number of thioether (sulfide) groups is 1. The summed E-state index contributed by atoms with van der Waals surface area (Å²) in [4.78, 5) is 22.8. The van der Waals surface area contributed by atoms with Gasteiger partial charge in [0.15, 0.2) is 0 Å². The third-order valence-corrected chi connectivity index (χ3v) is 3.27. The minimum absolute atomic E-state index is 0.273. The van der Waals surface area contributed by atoms with E-state index in [1.807, 2.05) is 6.26 Å². The first kappa shape index (κ1) is 16.3. The first-order valence-corrected chi connectivity index (χ1v) is 7.49. The molecule has 7 heteroatoms. The molecule has 0 fully saturated rings. The highest BCUT2D eigenvalue weighted by molar-refractivity contribution is 7.98. The summed E-state index contributed by atoms with van der Waals surface area (Å²) in [5.41, 5.74) is 5.83. The first-order chi connectivity index (χ1) is 9.52. The van der Waals surface area contributed by atoms with Gasteiger partial charge in [-0.3, -0.25) is 4.79 Å². The molecular weight excluding hydrogens is 281 g/mol. The molecule has 4 N–H and O–H groups in total. The zero-order chi connectivity index (χ0) is 15.0. The van der Waals surface area contributed by atoms with Gasteiger partial charge in [0.25, 0.3) is 0 Å². The molecule has 3 amide bonds. The predicted molar refractivity (Wildman–Crippen MR) is 77.8 cm³/mol. The molecule has 0 unspecified atom stereocenters. The van der Waals surface area contributed by atoms with Crippen LogP contribution in [0.4, 0.5) is 9.18 Å². The van der Waals surface area contributed by atoms with Gasteiger partial charge in [-0.1, -0.05) is 12.1 Å². The summed E-state index contributed by atoms with van der Waals surface area (Å²) in [6.07, 6.45) is 2.41. The van der Waals surface area contributed by atoms with Crippen molar-refractivity contribution in [3.8, 4) is 0 Å². The zero-order valence-electron chi connectivity index (χ0n) is 11.2. The molecule has 0 heterocycles. The van der Waals surface area contributed by atoms with Gasteiger partial charge in [0, 0.05) is 6.54 Å². The molecular formula is C13H18FN3O2S. The van der Waals surface area contributed by atoms with Crippen molar-refractivity contribution in [1.82, 2.24) is 10.6 Å². The maximum absolute atomic E-state index is 12.7. The van der Waals surface area contributed by atoms with Crippen LogP contribution in [0.25, 0.3) is 0 Å². The van der Waals surface area contributed by atoms with E-state index in [2.05, 4.69) is 10.6 Å². The molecule has 5 nitrogen and oxygen atoms in total. The van der Waals surface area contributed by atoms with Gasteiger partial charge in [0.1, 0.15) is 11.9 Å². The van der Waals surface area contributed by atoms with Gasteiger partial charge in [-0.25, -0.2) is 9.18 Å². The number of nitrogens with two attached hydrogens (primary N) is 1. The van der Waals surface area contributed by atoms with E-state index in [-0.39, 0.29) is 18.3 Å². The van der Waals surface area contributed by atoms with Gasteiger partial charge in [0.2, 0.25) is 5.91 Å². The fourth-order valence-electron chi connectivity index (χ4n) is 1.59. The molecule has 0 aromatic heterocycles. The highest BCUT2D eigenvalue weighted by Gasteiger charge is 2.18. The number of carbonyl (C=O) groups excluding carboxylic acids is 2. The van der Waals surface area contributed by atoms with Crippen molar-refractivity contribution < 1.29 is 14.0 Å². The SMILES string of the molecule is CSCC[C@H](NC(N)=O)C(=O)NCc1ccc(F)cc1. The monoisotopic (exact) mass is 299 g/mol. The van der Waals surface area contributed by atoms with E-state index in [9.17, 15) is 14.0 Å². The number of carbonyl (C=O) groups is 2. The normalized spacial score (nSPS) is 11.7. The Bertz CT molecular complexity index is 453. The Morgan fingerprint density at radius 2 is 2.00 bits per heavy atom. The largest absolute Gasteiger partial charge is 0.352 e. The summed E-state index contributed by atoms with van der Waals surface area (Å²) < 4.78 is 12.7. The molecule has 1 aromatic rings. The summed E-state index contributed by atoms with van der Waals surface area (Å²) in [5, 5.41) is 5.11. The summed E-state index contributed by atoms with van der Waals surface area (Å²) in [6.45, 7) is 0.273. The number of urea groups is 1. The molecule has 1 atom stereocenters. The van der Waals surface area contributed by atoms with Crippen LogP contribution >= 0.6 is 11.8 Å². The van der Waals surface area contributed by atoms with E-state index >= 15 is 0 Å². The van der Waals surface area contributed by atoms with Gasteiger partial charge in [-0.05, 0) is 36.1 Å².